The molecule has 0 spiro atoms. The van der Waals surface area contributed by atoms with Crippen molar-refractivity contribution in [1.82, 2.24) is 4.98 Å². The van der Waals surface area contributed by atoms with E-state index in [0.717, 1.165) is 38.8 Å². The van der Waals surface area contributed by atoms with Gasteiger partial charge in [0.15, 0.2) is 6.61 Å². The predicted octanol–water partition coefficient (Wildman–Crippen LogP) is 5.96. The van der Waals surface area contributed by atoms with E-state index >= 15 is 0 Å². The van der Waals surface area contributed by atoms with Gasteiger partial charge in [0.05, 0.1) is 21.6 Å². The largest absolute Gasteiger partial charge is 0.483 e. The Balaban J connectivity index is 1.22. The number of aromatic amines is 1. The first-order chi connectivity index (χ1) is 22.2. The number of anilines is 2. The number of nitro groups is 1. The quantitative estimate of drug-likeness (QED) is 0.122. The number of ether oxygens (including phenoxy) is 1. The van der Waals surface area contributed by atoms with Crippen LogP contribution in [0.15, 0.2) is 94.7 Å². The number of H-pyrrole nitrogens is 1. The van der Waals surface area contributed by atoms with Crippen LogP contribution < -0.4 is 19.8 Å². The molecule has 3 atom stereocenters. The van der Waals surface area contributed by atoms with Crippen molar-refractivity contribution in [2.45, 2.75) is 16.2 Å². The SMILES string of the molecule is O=C(COc1ccc(Cl)cc1C1c2sc(=O)[nH]c2SC2C(=O)N(c3ccc([N+](=O)[O-])cc3)C(=O)C21)Nc1cccc2ccccc12. The second-order valence-electron chi connectivity index (χ2n) is 10.6. The molecule has 7 rings (SSSR count). The van der Waals surface area contributed by atoms with Gasteiger partial charge < -0.3 is 15.0 Å². The molecule has 2 N–H and O–H groups in total. The van der Waals surface area contributed by atoms with E-state index in [-0.39, 0.29) is 28.6 Å². The zero-order chi connectivity index (χ0) is 32.1. The average molecular weight is 673 g/mol. The van der Waals surface area contributed by atoms with E-state index in [0.29, 0.717) is 26.2 Å². The lowest BCUT2D eigenvalue weighted by Crippen LogP contribution is -2.32. The lowest BCUT2D eigenvalue weighted by molar-refractivity contribution is -0.384. The number of hydrogen-bond donors (Lipinski definition) is 2. The van der Waals surface area contributed by atoms with Crippen LogP contribution in [0.3, 0.4) is 0 Å². The average Bonchev–Trinajstić information content (AvgIpc) is 3.54. The highest BCUT2D eigenvalue weighted by Gasteiger charge is 2.57. The minimum Gasteiger partial charge on any atom is -0.483 e. The van der Waals surface area contributed by atoms with Crippen molar-refractivity contribution in [1.29, 1.82) is 0 Å². The highest BCUT2D eigenvalue weighted by molar-refractivity contribution is 8.00. The van der Waals surface area contributed by atoms with Crippen LogP contribution >= 0.6 is 34.7 Å². The zero-order valence-electron chi connectivity index (χ0n) is 23.5. The Hall–Kier alpha value is -4.98. The number of rotatable bonds is 7. The molecule has 11 nitrogen and oxygen atoms in total. The summed E-state index contributed by atoms with van der Waals surface area (Å²) in [7, 11) is 0. The van der Waals surface area contributed by atoms with Crippen molar-refractivity contribution in [2.24, 2.45) is 5.92 Å². The van der Waals surface area contributed by atoms with E-state index in [2.05, 4.69) is 10.3 Å². The molecule has 3 unspecified atom stereocenters. The number of aromatic nitrogens is 1. The summed E-state index contributed by atoms with van der Waals surface area (Å²) in [6.07, 6.45) is 0. The molecule has 2 aliphatic rings. The molecule has 1 aromatic heterocycles. The van der Waals surface area contributed by atoms with E-state index in [4.69, 9.17) is 16.3 Å². The second-order valence-corrected chi connectivity index (χ2v) is 13.2. The van der Waals surface area contributed by atoms with Crippen molar-refractivity contribution in [3.8, 4) is 5.75 Å². The molecular formula is C32H21ClN4O7S2. The molecule has 3 amide bonds. The number of hydrogen-bond acceptors (Lipinski definition) is 9. The van der Waals surface area contributed by atoms with Crippen molar-refractivity contribution in [2.75, 3.05) is 16.8 Å². The van der Waals surface area contributed by atoms with Crippen molar-refractivity contribution < 1.29 is 24.0 Å². The standard InChI is InChI=1S/C32H21ClN4O7S2/c33-17-8-13-23(44-15-24(38)34-22-7-3-5-16-4-1-2-6-20(16)22)21(14-17)25-26-28(45-29-27(25)46-32(41)35-29)31(40)36(30(26)39)18-9-11-19(12-10-18)37(42)43/h1-14,25-26,28H,15H2,(H,34,38)(H,35,41). The first kappa shape index (κ1) is 29.7. The fourth-order valence-electron chi connectivity index (χ4n) is 5.89. The summed E-state index contributed by atoms with van der Waals surface area (Å²) in [5.41, 5.74) is 1.07. The molecule has 1 fully saturated rings. The normalized spacial score (nSPS) is 18.7. The maximum atomic E-state index is 14.1. The van der Waals surface area contributed by atoms with E-state index < -0.39 is 39.7 Å². The molecular weight excluding hydrogens is 652 g/mol. The van der Waals surface area contributed by atoms with Crippen LogP contribution in [0.4, 0.5) is 17.1 Å². The third kappa shape index (κ3) is 5.21. The molecule has 230 valence electrons. The number of amides is 3. The molecule has 2 aliphatic heterocycles. The Bertz CT molecular complexity index is 2130. The number of thiazole rings is 1. The minimum absolute atomic E-state index is 0.183. The highest BCUT2D eigenvalue weighted by Crippen LogP contribution is 2.54. The molecule has 46 heavy (non-hydrogen) atoms. The van der Waals surface area contributed by atoms with Crippen LogP contribution in [0, 0.1) is 16.0 Å². The summed E-state index contributed by atoms with van der Waals surface area (Å²) in [5.74, 6) is -2.99. The summed E-state index contributed by atoms with van der Waals surface area (Å²) in [4.78, 5) is 68.0. The number of carbonyl (C=O) groups excluding carboxylic acids is 3. The molecule has 0 bridgehead atoms. The maximum Gasteiger partial charge on any atom is 0.305 e. The maximum absolute atomic E-state index is 14.1. The lowest BCUT2D eigenvalue weighted by atomic mass is 9.82. The number of nitro benzene ring substituents is 1. The summed E-state index contributed by atoms with van der Waals surface area (Å²) < 4.78 is 6.04. The second kappa shape index (κ2) is 11.7. The number of benzene rings is 4. The highest BCUT2D eigenvalue weighted by atomic mass is 35.5. The molecule has 0 aliphatic carbocycles. The van der Waals surface area contributed by atoms with Crippen molar-refractivity contribution in [3.63, 3.8) is 0 Å². The topological polar surface area (TPSA) is 152 Å². The van der Waals surface area contributed by atoms with Crippen LogP contribution in [-0.4, -0.2) is 39.5 Å². The first-order valence-corrected chi connectivity index (χ1v) is 16.0. The van der Waals surface area contributed by atoms with Gasteiger partial charge in [0.2, 0.25) is 11.8 Å². The van der Waals surface area contributed by atoms with E-state index in [1.165, 1.54) is 24.3 Å². The third-order valence-electron chi connectivity index (χ3n) is 7.87. The number of carbonyl (C=O) groups is 3. The Morgan fingerprint density at radius 1 is 1.00 bits per heavy atom. The van der Waals surface area contributed by atoms with E-state index in [1.807, 2.05) is 36.4 Å². The zero-order valence-corrected chi connectivity index (χ0v) is 25.9. The fourth-order valence-corrected chi connectivity index (χ4v) is 8.57. The van der Waals surface area contributed by atoms with Gasteiger partial charge in [-0.05, 0) is 41.8 Å². The van der Waals surface area contributed by atoms with Gasteiger partial charge in [-0.25, -0.2) is 4.90 Å². The molecule has 0 radical (unpaired) electrons. The van der Waals surface area contributed by atoms with Gasteiger partial charge in [-0.15, -0.1) is 0 Å². The molecule has 5 aromatic rings. The first-order valence-electron chi connectivity index (χ1n) is 13.9. The van der Waals surface area contributed by atoms with Crippen LogP contribution in [0.25, 0.3) is 10.8 Å². The van der Waals surface area contributed by atoms with Crippen LogP contribution in [0.5, 0.6) is 5.75 Å². The summed E-state index contributed by atoms with van der Waals surface area (Å²) >= 11 is 8.46. The van der Waals surface area contributed by atoms with Gasteiger partial charge in [0.1, 0.15) is 11.0 Å². The fraction of sp³-hybridized carbons (Fsp3) is 0.125. The van der Waals surface area contributed by atoms with Gasteiger partial charge >= 0.3 is 4.87 Å². The Labute approximate surface area is 273 Å². The summed E-state index contributed by atoms with van der Waals surface area (Å²) in [6, 6.07) is 23.2. The molecule has 3 heterocycles. The third-order valence-corrected chi connectivity index (χ3v) is 10.5. The number of imide groups is 1. The lowest BCUT2D eigenvalue weighted by Gasteiger charge is -2.31. The smallest absolute Gasteiger partial charge is 0.305 e. The number of non-ortho nitro benzene ring substituents is 1. The van der Waals surface area contributed by atoms with Gasteiger partial charge in [0, 0.05) is 44.6 Å². The Morgan fingerprint density at radius 3 is 2.54 bits per heavy atom. The van der Waals surface area contributed by atoms with Crippen molar-refractivity contribution >= 4 is 80.3 Å². The van der Waals surface area contributed by atoms with Crippen LogP contribution in [0.1, 0.15) is 16.4 Å². The van der Waals surface area contributed by atoms with Gasteiger partial charge in [-0.3, -0.25) is 29.3 Å². The minimum atomic E-state index is -0.961. The van der Waals surface area contributed by atoms with E-state index in [9.17, 15) is 29.3 Å². The van der Waals surface area contributed by atoms with E-state index in [1.54, 1.807) is 24.3 Å². The number of halogens is 1. The van der Waals surface area contributed by atoms with Gasteiger partial charge in [-0.2, -0.15) is 0 Å². The molecule has 0 saturated carbocycles. The molecule has 14 heteroatoms. The Morgan fingerprint density at radius 2 is 1.76 bits per heavy atom. The number of thioether (sulfide) groups is 1. The molecule has 1 saturated heterocycles. The number of nitrogens with zero attached hydrogens (tertiary/aromatic N) is 2. The van der Waals surface area contributed by atoms with Crippen molar-refractivity contribution in [3.05, 3.63) is 120 Å². The van der Waals surface area contributed by atoms with Gasteiger partial charge in [-0.1, -0.05) is 71.1 Å². The summed E-state index contributed by atoms with van der Waals surface area (Å²) in [5, 5.41) is 15.8. The number of nitrogens with one attached hydrogen (secondary N) is 2. The number of fused-ring (bicyclic) bond motifs is 3. The predicted molar refractivity (Wildman–Crippen MR) is 175 cm³/mol. The Kier molecular flexibility index (Phi) is 7.59. The van der Waals surface area contributed by atoms with Crippen LogP contribution in [-0.2, 0) is 14.4 Å². The monoisotopic (exact) mass is 672 g/mol. The van der Waals surface area contributed by atoms with Crippen LogP contribution in [0.2, 0.25) is 5.02 Å². The summed E-state index contributed by atoms with van der Waals surface area (Å²) in [6.45, 7) is -0.370. The molecule has 4 aromatic carbocycles. The van der Waals surface area contributed by atoms with Gasteiger partial charge in [0.25, 0.3) is 11.6 Å².